The number of nitrogens with zero attached hydrogens (tertiary/aromatic N) is 1. The molecule has 2 aliphatic rings. The molecule has 1 heterocycles. The number of carbonyl (C=O) groups excluding carboxylic acids is 1. The van der Waals surface area contributed by atoms with E-state index in [1.165, 1.54) is 0 Å². The smallest absolute Gasteiger partial charge is 0.243 e. The van der Waals surface area contributed by atoms with Crippen LogP contribution in [0.25, 0.3) is 0 Å². The number of hydrogen-bond donors (Lipinski definition) is 1. The van der Waals surface area contributed by atoms with Crippen LogP contribution in [0.4, 0.5) is 0 Å². The molecule has 0 bridgehead atoms. The molecule has 0 radical (unpaired) electrons. The normalized spacial score (nSPS) is 28.1. The Kier molecular flexibility index (Phi) is 4.41. The van der Waals surface area contributed by atoms with Crippen molar-refractivity contribution in [2.24, 2.45) is 11.7 Å². The van der Waals surface area contributed by atoms with Crippen LogP contribution in [0, 0.1) is 5.92 Å². The molecule has 0 aromatic heterocycles. The standard InChI is InChI=1S/C13H24N2O4S/c1-13(14,10-3-4-10)12(16)15(6-7-19-2)11-5-8-20(17,18)9-11/h10-11H,3-9,14H2,1-2H3. The second kappa shape index (κ2) is 5.61. The van der Waals surface area contributed by atoms with Crippen molar-refractivity contribution in [2.75, 3.05) is 31.8 Å². The predicted molar refractivity (Wildman–Crippen MR) is 76.0 cm³/mol. The zero-order chi connectivity index (χ0) is 15.0. The molecule has 0 aromatic rings. The lowest BCUT2D eigenvalue weighted by Crippen LogP contribution is -2.58. The Morgan fingerprint density at radius 3 is 2.50 bits per heavy atom. The minimum Gasteiger partial charge on any atom is -0.383 e. The number of amides is 1. The third-order valence-electron chi connectivity index (χ3n) is 4.33. The highest BCUT2D eigenvalue weighted by atomic mass is 32.2. The molecule has 2 fully saturated rings. The molecule has 116 valence electrons. The molecule has 1 aliphatic carbocycles. The van der Waals surface area contributed by atoms with Crippen molar-refractivity contribution in [1.82, 2.24) is 4.90 Å². The lowest BCUT2D eigenvalue weighted by atomic mass is 9.94. The lowest BCUT2D eigenvalue weighted by molar-refractivity contribution is -0.139. The molecule has 1 saturated carbocycles. The van der Waals surface area contributed by atoms with Crippen LogP contribution >= 0.6 is 0 Å². The first-order chi connectivity index (χ1) is 9.28. The van der Waals surface area contributed by atoms with Crippen molar-refractivity contribution in [2.45, 2.75) is 37.8 Å². The summed E-state index contributed by atoms with van der Waals surface area (Å²) in [5.41, 5.74) is 5.30. The average molecular weight is 304 g/mol. The van der Waals surface area contributed by atoms with E-state index < -0.39 is 15.4 Å². The Bertz CT molecular complexity index is 471. The van der Waals surface area contributed by atoms with Gasteiger partial charge in [-0.15, -0.1) is 0 Å². The average Bonchev–Trinajstić information content (AvgIpc) is 3.15. The molecule has 2 unspecified atom stereocenters. The number of hydrogen-bond acceptors (Lipinski definition) is 5. The van der Waals surface area contributed by atoms with E-state index in [1.807, 2.05) is 0 Å². The van der Waals surface area contributed by atoms with Crippen molar-refractivity contribution in [3.63, 3.8) is 0 Å². The van der Waals surface area contributed by atoms with Gasteiger partial charge >= 0.3 is 0 Å². The van der Waals surface area contributed by atoms with Crippen LogP contribution in [0.1, 0.15) is 26.2 Å². The van der Waals surface area contributed by atoms with Gasteiger partial charge in [-0.25, -0.2) is 8.42 Å². The summed E-state index contributed by atoms with van der Waals surface area (Å²) in [5.74, 6) is 0.278. The van der Waals surface area contributed by atoms with E-state index in [2.05, 4.69) is 0 Å². The SMILES string of the molecule is COCCN(C(=O)C(C)(N)C1CC1)C1CCS(=O)(=O)C1. The van der Waals surface area contributed by atoms with Crippen molar-refractivity contribution in [3.05, 3.63) is 0 Å². The highest BCUT2D eigenvalue weighted by Crippen LogP contribution is 2.39. The van der Waals surface area contributed by atoms with Crippen LogP contribution in [0.2, 0.25) is 0 Å². The summed E-state index contributed by atoms with van der Waals surface area (Å²) < 4.78 is 28.3. The first kappa shape index (κ1) is 15.7. The van der Waals surface area contributed by atoms with Gasteiger partial charge in [0.15, 0.2) is 9.84 Å². The molecule has 1 saturated heterocycles. The molecule has 1 amide bonds. The number of carbonyl (C=O) groups is 1. The number of rotatable bonds is 6. The molecule has 6 nitrogen and oxygen atoms in total. The second-order valence-corrected chi connectivity index (χ2v) is 8.33. The van der Waals surface area contributed by atoms with Gasteiger partial charge in [0.05, 0.1) is 23.7 Å². The van der Waals surface area contributed by atoms with Crippen LogP contribution in [0.15, 0.2) is 0 Å². The Hall–Kier alpha value is -0.660. The fourth-order valence-electron chi connectivity index (χ4n) is 2.83. The number of nitrogens with two attached hydrogens (primary N) is 1. The third kappa shape index (κ3) is 3.32. The van der Waals surface area contributed by atoms with E-state index >= 15 is 0 Å². The van der Waals surface area contributed by atoms with Gasteiger partial charge in [-0.1, -0.05) is 0 Å². The lowest BCUT2D eigenvalue weighted by Gasteiger charge is -2.35. The maximum atomic E-state index is 12.7. The van der Waals surface area contributed by atoms with Gasteiger partial charge in [-0.2, -0.15) is 0 Å². The Morgan fingerprint density at radius 2 is 2.05 bits per heavy atom. The fourth-order valence-corrected chi connectivity index (χ4v) is 4.56. The minimum absolute atomic E-state index is 0.0448. The van der Waals surface area contributed by atoms with Gasteiger partial charge in [0.2, 0.25) is 5.91 Å². The summed E-state index contributed by atoms with van der Waals surface area (Å²) in [6.07, 6.45) is 2.44. The van der Waals surface area contributed by atoms with E-state index in [0.717, 1.165) is 12.8 Å². The van der Waals surface area contributed by atoms with Gasteiger partial charge in [-0.05, 0) is 32.1 Å². The predicted octanol–water partition coefficient (Wildman–Crippen LogP) is -0.224. The molecule has 0 spiro atoms. The molecule has 0 aromatic carbocycles. The van der Waals surface area contributed by atoms with Crippen molar-refractivity contribution < 1.29 is 17.9 Å². The van der Waals surface area contributed by atoms with Crippen molar-refractivity contribution in [3.8, 4) is 0 Å². The topological polar surface area (TPSA) is 89.7 Å². The Labute approximate surface area is 120 Å². The minimum atomic E-state index is -3.02. The van der Waals surface area contributed by atoms with Gasteiger partial charge in [0.25, 0.3) is 0 Å². The first-order valence-electron chi connectivity index (χ1n) is 7.07. The highest BCUT2D eigenvalue weighted by molar-refractivity contribution is 7.91. The molecule has 2 N–H and O–H groups in total. The summed E-state index contributed by atoms with van der Waals surface area (Å²) in [5, 5.41) is 0. The number of ether oxygens (including phenoxy) is 1. The van der Waals surface area contributed by atoms with Crippen LogP contribution in [-0.2, 0) is 19.4 Å². The fraction of sp³-hybridized carbons (Fsp3) is 0.923. The number of methoxy groups -OCH3 is 1. The molecular weight excluding hydrogens is 280 g/mol. The molecule has 2 atom stereocenters. The highest BCUT2D eigenvalue weighted by Gasteiger charge is 2.48. The van der Waals surface area contributed by atoms with Gasteiger partial charge in [0, 0.05) is 19.7 Å². The Balaban J connectivity index is 2.12. The molecule has 2 rings (SSSR count). The summed E-state index contributed by atoms with van der Waals surface area (Å²) >= 11 is 0. The van der Waals surface area contributed by atoms with Gasteiger partial charge < -0.3 is 15.4 Å². The van der Waals surface area contributed by atoms with E-state index in [-0.39, 0.29) is 29.4 Å². The third-order valence-corrected chi connectivity index (χ3v) is 6.08. The van der Waals surface area contributed by atoms with E-state index in [1.54, 1.807) is 18.9 Å². The van der Waals surface area contributed by atoms with E-state index in [9.17, 15) is 13.2 Å². The van der Waals surface area contributed by atoms with Crippen molar-refractivity contribution in [1.29, 1.82) is 0 Å². The summed E-state index contributed by atoms with van der Waals surface area (Å²) in [6, 6.07) is -0.260. The zero-order valence-electron chi connectivity index (χ0n) is 12.2. The molecule has 7 heteroatoms. The van der Waals surface area contributed by atoms with Crippen LogP contribution < -0.4 is 5.73 Å². The second-order valence-electron chi connectivity index (χ2n) is 6.11. The first-order valence-corrected chi connectivity index (χ1v) is 8.89. The molecule has 1 aliphatic heterocycles. The molecular formula is C13H24N2O4S. The van der Waals surface area contributed by atoms with Crippen molar-refractivity contribution >= 4 is 15.7 Å². The van der Waals surface area contributed by atoms with Crippen LogP contribution in [0.5, 0.6) is 0 Å². The van der Waals surface area contributed by atoms with Crippen LogP contribution in [-0.4, -0.2) is 62.6 Å². The Morgan fingerprint density at radius 1 is 1.40 bits per heavy atom. The summed E-state index contributed by atoms with van der Waals surface area (Å²) in [6.45, 7) is 2.55. The van der Waals surface area contributed by atoms with E-state index in [0.29, 0.717) is 19.6 Å². The van der Waals surface area contributed by atoms with E-state index in [4.69, 9.17) is 10.5 Å². The summed E-state index contributed by atoms with van der Waals surface area (Å²) in [4.78, 5) is 14.3. The van der Waals surface area contributed by atoms with Gasteiger partial charge in [0.1, 0.15) is 0 Å². The van der Waals surface area contributed by atoms with Gasteiger partial charge in [-0.3, -0.25) is 4.79 Å². The monoisotopic (exact) mass is 304 g/mol. The largest absolute Gasteiger partial charge is 0.383 e. The summed E-state index contributed by atoms with van der Waals surface area (Å²) in [7, 11) is -1.46. The maximum Gasteiger partial charge on any atom is 0.243 e. The molecule has 20 heavy (non-hydrogen) atoms. The zero-order valence-corrected chi connectivity index (χ0v) is 13.0. The quantitative estimate of drug-likeness (QED) is 0.732. The van der Waals surface area contributed by atoms with Crippen LogP contribution in [0.3, 0.4) is 0 Å². The maximum absolute atomic E-state index is 12.7. The number of sulfone groups is 1.